The molecule has 0 saturated carbocycles. The number of imide groups is 1. The Morgan fingerprint density at radius 3 is 2.27 bits per heavy atom. The zero-order valence-electron chi connectivity index (χ0n) is 37.5. The van der Waals surface area contributed by atoms with Gasteiger partial charge in [0.2, 0.25) is 5.91 Å². The molecule has 2 bridgehead atoms. The van der Waals surface area contributed by atoms with E-state index in [0.29, 0.717) is 56.2 Å². The molecule has 3 amide bonds. The van der Waals surface area contributed by atoms with E-state index in [2.05, 4.69) is 52.8 Å². The molecule has 2 atom stereocenters. The molecule has 3 aromatic carbocycles. The van der Waals surface area contributed by atoms with Crippen LogP contribution in [-0.4, -0.2) is 120 Å². The zero-order valence-corrected chi connectivity index (χ0v) is 37.5. The topological polar surface area (TPSA) is 158 Å². The minimum atomic E-state index is -1.08. The maximum Gasteiger partial charge on any atom is 0.328 e. The Morgan fingerprint density at radius 2 is 1.54 bits per heavy atom. The summed E-state index contributed by atoms with van der Waals surface area (Å²) in [6, 6.07) is 14.6. The number of amides is 3. The average Bonchev–Trinajstić information content (AvgIpc) is 3.79. The highest BCUT2D eigenvalue weighted by atomic mass is 19.1. The van der Waals surface area contributed by atoms with Crippen LogP contribution < -0.4 is 30.7 Å². The number of aromatic hydroxyl groups is 1. The predicted octanol–water partition coefficient (Wildman–Crippen LogP) is 6.71. The zero-order chi connectivity index (χ0) is 46.1. The smallest absolute Gasteiger partial charge is 0.328 e. The number of nitrogens with zero attached hydrogens (tertiary/aromatic N) is 8. The third kappa shape index (κ3) is 8.15. The number of piperidine rings is 2. The van der Waals surface area contributed by atoms with E-state index in [4.69, 9.17) is 15.2 Å². The van der Waals surface area contributed by atoms with Crippen molar-refractivity contribution >= 4 is 51.4 Å². The maximum absolute atomic E-state index is 15.6. The van der Waals surface area contributed by atoms with Crippen LogP contribution in [0.5, 0.6) is 5.75 Å². The van der Waals surface area contributed by atoms with Crippen molar-refractivity contribution in [3.8, 4) is 17.0 Å². The Kier molecular flexibility index (Phi) is 11.2. The van der Waals surface area contributed by atoms with Crippen molar-refractivity contribution in [1.29, 1.82) is 0 Å². The maximum atomic E-state index is 15.6. The summed E-state index contributed by atoms with van der Waals surface area (Å²) in [7, 11) is 0. The highest BCUT2D eigenvalue weighted by molar-refractivity contribution is 6.06. The van der Waals surface area contributed by atoms with Gasteiger partial charge >= 0.3 is 6.03 Å². The van der Waals surface area contributed by atoms with Gasteiger partial charge in [0.25, 0.3) is 0 Å². The fraction of sp³-hybridized carbons (Fsp3) is 0.469. The third-order valence-electron chi connectivity index (χ3n) is 15.1. The molecule has 6 saturated heterocycles. The van der Waals surface area contributed by atoms with Gasteiger partial charge in [0, 0.05) is 124 Å². The number of phenols is 1. The number of carbonyl (C=O) groups excluding carboxylic acids is 2. The molecule has 15 nitrogen and oxygen atoms in total. The molecule has 67 heavy (non-hydrogen) atoms. The van der Waals surface area contributed by atoms with Crippen molar-refractivity contribution in [1.82, 2.24) is 25.0 Å². The molecule has 11 rings (SSSR count). The van der Waals surface area contributed by atoms with E-state index in [1.165, 1.54) is 0 Å². The molecule has 2 aromatic heterocycles. The molecule has 0 aliphatic carbocycles. The number of fused-ring (bicyclic) bond motifs is 3. The van der Waals surface area contributed by atoms with Crippen LogP contribution in [0.1, 0.15) is 56.6 Å². The molecule has 0 radical (unpaired) electrons. The molecular formula is C49H55F3N10O5. The van der Waals surface area contributed by atoms with Gasteiger partial charge in [-0.15, -0.1) is 10.2 Å². The van der Waals surface area contributed by atoms with Gasteiger partial charge in [0.1, 0.15) is 11.6 Å². The minimum Gasteiger partial charge on any atom is -0.504 e. The number of carbonyl (C=O) groups is 2. The quantitative estimate of drug-likeness (QED) is 0.151. The van der Waals surface area contributed by atoms with Crippen LogP contribution in [0.15, 0.2) is 60.8 Å². The van der Waals surface area contributed by atoms with E-state index in [1.54, 1.807) is 17.0 Å². The number of benzene rings is 3. The number of likely N-dealkylation sites (tertiary alicyclic amines) is 1. The van der Waals surface area contributed by atoms with Crippen molar-refractivity contribution in [2.75, 3.05) is 90.9 Å². The van der Waals surface area contributed by atoms with Crippen LogP contribution in [0.4, 0.5) is 46.5 Å². The number of nitrogens with two attached hydrogens (primary N) is 1. The fourth-order valence-electron chi connectivity index (χ4n) is 11.5. The minimum absolute atomic E-state index is 0.0181. The number of hydrogen-bond donors (Lipinski definition) is 3. The van der Waals surface area contributed by atoms with Crippen LogP contribution >= 0.6 is 0 Å². The number of nitrogens with one attached hydrogen (secondary N) is 1. The second kappa shape index (κ2) is 17.2. The number of nitrogen functional groups attached to an aromatic ring is 1. The number of phenolic OH excluding ortho intramolecular Hbond substituents is 1. The summed E-state index contributed by atoms with van der Waals surface area (Å²) in [5, 5.41) is 21.9. The summed E-state index contributed by atoms with van der Waals surface area (Å²) in [4.78, 5) is 35.0. The molecule has 6 aliphatic heterocycles. The van der Waals surface area contributed by atoms with E-state index in [0.717, 1.165) is 105 Å². The highest BCUT2D eigenvalue weighted by Gasteiger charge is 2.43. The Balaban J connectivity index is 0.671. The number of halogens is 3. The number of anilines is 5. The van der Waals surface area contributed by atoms with Crippen LogP contribution in [0.3, 0.4) is 0 Å². The lowest BCUT2D eigenvalue weighted by Gasteiger charge is -2.46. The van der Waals surface area contributed by atoms with Gasteiger partial charge in [-0.1, -0.05) is 0 Å². The number of aryl methyl sites for hydroxylation is 1. The summed E-state index contributed by atoms with van der Waals surface area (Å²) in [5.41, 5.74) is 11.5. The summed E-state index contributed by atoms with van der Waals surface area (Å²) in [6.07, 6.45) is 7.85. The summed E-state index contributed by atoms with van der Waals surface area (Å²) in [5.74, 6) is -2.97. The van der Waals surface area contributed by atoms with Crippen LogP contribution in [-0.2, 0) is 14.3 Å². The molecule has 18 heteroatoms. The first kappa shape index (κ1) is 43.5. The van der Waals surface area contributed by atoms with Gasteiger partial charge in [0.05, 0.1) is 36.3 Å². The largest absolute Gasteiger partial charge is 0.504 e. The Hall–Kier alpha value is -6.11. The molecule has 352 valence electrons. The lowest BCUT2D eigenvalue weighted by atomic mass is 9.94. The Labute approximate surface area is 386 Å². The van der Waals surface area contributed by atoms with Gasteiger partial charge in [-0.2, -0.15) is 0 Å². The SMILES string of the molecule is Cc1cn(C2COC3(CCN(CC4CCN(c5cc(N6C7CCC6CN(c6cc(-c8cc(F)cc(F)c8O)nnc6N)C7)ccc5F)CC4)CC3)OC2)c2ccc(N3CCC(=O)NC3=O)cc12. The monoisotopic (exact) mass is 920 g/mol. The first-order valence-electron chi connectivity index (χ1n) is 23.5. The number of aromatic nitrogens is 3. The van der Waals surface area contributed by atoms with Gasteiger partial charge in [0.15, 0.2) is 23.2 Å². The Bertz CT molecular complexity index is 2720. The van der Waals surface area contributed by atoms with Crippen LogP contribution in [0.25, 0.3) is 22.2 Å². The van der Waals surface area contributed by atoms with E-state index in [9.17, 15) is 23.5 Å². The van der Waals surface area contributed by atoms with Crippen LogP contribution in [0.2, 0.25) is 0 Å². The summed E-state index contributed by atoms with van der Waals surface area (Å²) < 4.78 is 59.3. The number of urea groups is 1. The van der Waals surface area contributed by atoms with E-state index in [-0.39, 0.29) is 53.3 Å². The number of rotatable bonds is 8. The van der Waals surface area contributed by atoms with Gasteiger partial charge in [-0.25, -0.2) is 18.0 Å². The molecule has 8 heterocycles. The summed E-state index contributed by atoms with van der Waals surface area (Å²) >= 11 is 0. The second-order valence-corrected chi connectivity index (χ2v) is 19.2. The molecule has 2 unspecified atom stereocenters. The number of hydrogen-bond acceptors (Lipinski definition) is 12. The number of ether oxygens (including phenoxy) is 2. The summed E-state index contributed by atoms with van der Waals surface area (Å²) in [6.45, 7) is 9.08. The normalized spacial score (nSPS) is 22.9. The molecule has 1 spiro atoms. The molecule has 5 aromatic rings. The van der Waals surface area contributed by atoms with Crippen molar-refractivity contribution in [2.24, 2.45) is 5.92 Å². The lowest BCUT2D eigenvalue weighted by Crippen LogP contribution is -2.54. The van der Waals surface area contributed by atoms with E-state index < -0.39 is 29.2 Å². The van der Waals surface area contributed by atoms with E-state index >= 15 is 4.39 Å². The van der Waals surface area contributed by atoms with Crippen molar-refractivity contribution < 1.29 is 37.3 Å². The first-order valence-corrected chi connectivity index (χ1v) is 23.5. The molecule has 6 aliphatic rings. The lowest BCUT2D eigenvalue weighted by molar-refractivity contribution is -0.295. The predicted molar refractivity (Wildman–Crippen MR) is 248 cm³/mol. The first-order chi connectivity index (χ1) is 32.4. The van der Waals surface area contributed by atoms with Crippen molar-refractivity contribution in [3.63, 3.8) is 0 Å². The highest BCUT2D eigenvalue weighted by Crippen LogP contribution is 2.42. The molecule has 4 N–H and O–H groups in total. The number of piperazine rings is 1. The molecular weight excluding hydrogens is 866 g/mol. The van der Waals surface area contributed by atoms with Gasteiger partial charge in [-0.05, 0) is 92.6 Å². The van der Waals surface area contributed by atoms with Crippen molar-refractivity contribution in [2.45, 2.75) is 75.8 Å². The van der Waals surface area contributed by atoms with Gasteiger partial charge in [-0.3, -0.25) is 15.0 Å². The third-order valence-corrected chi connectivity index (χ3v) is 15.1. The van der Waals surface area contributed by atoms with Crippen molar-refractivity contribution in [3.05, 3.63) is 83.8 Å². The van der Waals surface area contributed by atoms with Crippen LogP contribution in [0, 0.1) is 30.3 Å². The standard InChI is InChI=1S/C49H55F3N10O5/c1-29-23-61(42-7-5-32(20-37(29)42)60-15-10-45(63)54-48(60)65)36-27-66-49(67-28-36)11-16-57(17-12-49)24-30-8-13-58(14-9-30)43-21-33(4-6-39(43)51)62-34-2-3-35(62)26-59(25-34)44-22-41(55-56-47(44)53)38-18-31(50)19-40(52)46(38)64/h4-7,18-23,30,34-36,64H,2-3,8-17,24-28H2,1H3,(H2,53,56)(H,54,63,65). The Morgan fingerprint density at radius 1 is 0.806 bits per heavy atom. The average molecular weight is 921 g/mol. The van der Waals surface area contributed by atoms with E-state index in [1.807, 2.05) is 30.3 Å². The fourth-order valence-corrected chi connectivity index (χ4v) is 11.5. The molecule has 6 fully saturated rings. The van der Waals surface area contributed by atoms with Gasteiger partial charge < -0.3 is 44.5 Å². The second-order valence-electron chi connectivity index (χ2n) is 19.2.